The van der Waals surface area contributed by atoms with Crippen LogP contribution in [0.25, 0.3) is 0 Å². The standard InChI is InChI=1S/C15H20N2O4/c18-14(21-11-12-6-2-1-3-7-12)16-13-8-4-5-9-17(10-13)15(19)20/h1-3,6-7,13H,4-5,8-11H2,(H,16,18)(H,19,20)/t13-/m1/s1. The fourth-order valence-electron chi connectivity index (χ4n) is 2.37. The van der Waals surface area contributed by atoms with Crippen molar-refractivity contribution in [2.24, 2.45) is 0 Å². The summed E-state index contributed by atoms with van der Waals surface area (Å²) in [6.45, 7) is 1.05. The van der Waals surface area contributed by atoms with E-state index in [2.05, 4.69) is 5.32 Å². The molecule has 6 heteroatoms. The number of nitrogens with zero attached hydrogens (tertiary/aromatic N) is 1. The van der Waals surface area contributed by atoms with Gasteiger partial charge in [-0.2, -0.15) is 0 Å². The molecule has 0 spiro atoms. The van der Waals surface area contributed by atoms with E-state index in [0.29, 0.717) is 13.1 Å². The molecule has 1 aliphatic rings. The minimum atomic E-state index is -0.943. The van der Waals surface area contributed by atoms with Crippen LogP contribution in [-0.4, -0.2) is 41.3 Å². The summed E-state index contributed by atoms with van der Waals surface area (Å²) in [6.07, 6.45) is 1.04. The zero-order valence-electron chi connectivity index (χ0n) is 11.8. The molecule has 0 aromatic heterocycles. The zero-order valence-corrected chi connectivity index (χ0v) is 11.8. The van der Waals surface area contributed by atoms with Gasteiger partial charge in [-0.15, -0.1) is 0 Å². The molecule has 1 atom stereocenters. The van der Waals surface area contributed by atoms with Gasteiger partial charge in [-0.25, -0.2) is 9.59 Å². The third-order valence-electron chi connectivity index (χ3n) is 3.48. The van der Waals surface area contributed by atoms with Crippen LogP contribution in [0, 0.1) is 0 Å². The lowest BCUT2D eigenvalue weighted by Gasteiger charge is -2.22. The molecule has 1 fully saturated rings. The fourth-order valence-corrected chi connectivity index (χ4v) is 2.37. The van der Waals surface area contributed by atoms with E-state index in [4.69, 9.17) is 9.84 Å². The number of nitrogens with one attached hydrogen (secondary N) is 1. The average molecular weight is 292 g/mol. The zero-order chi connectivity index (χ0) is 15.1. The van der Waals surface area contributed by atoms with Crippen LogP contribution in [0.15, 0.2) is 30.3 Å². The van der Waals surface area contributed by atoms with Crippen molar-refractivity contribution >= 4 is 12.2 Å². The number of carbonyl (C=O) groups is 2. The summed E-state index contributed by atoms with van der Waals surface area (Å²) in [7, 11) is 0. The van der Waals surface area contributed by atoms with Crippen molar-refractivity contribution in [3.63, 3.8) is 0 Å². The summed E-state index contributed by atoms with van der Waals surface area (Å²) in [4.78, 5) is 24.1. The minimum Gasteiger partial charge on any atom is -0.465 e. The second-order valence-electron chi connectivity index (χ2n) is 5.13. The molecule has 1 aromatic rings. The van der Waals surface area contributed by atoms with Gasteiger partial charge in [0.25, 0.3) is 0 Å². The van der Waals surface area contributed by atoms with E-state index in [-0.39, 0.29) is 12.6 Å². The molecule has 2 rings (SSSR count). The molecular formula is C15H20N2O4. The van der Waals surface area contributed by atoms with Crippen molar-refractivity contribution in [3.05, 3.63) is 35.9 Å². The number of likely N-dealkylation sites (tertiary alicyclic amines) is 1. The third-order valence-corrected chi connectivity index (χ3v) is 3.48. The molecule has 1 aliphatic heterocycles. The molecule has 2 N–H and O–H groups in total. The van der Waals surface area contributed by atoms with Gasteiger partial charge in [-0.05, 0) is 24.8 Å². The van der Waals surface area contributed by atoms with Crippen molar-refractivity contribution in [3.8, 4) is 0 Å². The van der Waals surface area contributed by atoms with Crippen LogP contribution >= 0.6 is 0 Å². The van der Waals surface area contributed by atoms with E-state index in [9.17, 15) is 9.59 Å². The van der Waals surface area contributed by atoms with Crippen LogP contribution in [0.1, 0.15) is 24.8 Å². The smallest absolute Gasteiger partial charge is 0.407 e. The molecule has 0 bridgehead atoms. The lowest BCUT2D eigenvalue weighted by Crippen LogP contribution is -2.44. The Morgan fingerprint density at radius 2 is 2.05 bits per heavy atom. The first kappa shape index (κ1) is 15.2. The highest BCUT2D eigenvalue weighted by atomic mass is 16.5. The van der Waals surface area contributed by atoms with E-state index in [0.717, 1.165) is 24.8 Å². The molecule has 1 aromatic carbocycles. The lowest BCUT2D eigenvalue weighted by molar-refractivity contribution is 0.126. The van der Waals surface area contributed by atoms with Gasteiger partial charge in [0.2, 0.25) is 0 Å². The lowest BCUT2D eigenvalue weighted by atomic mass is 10.1. The molecule has 2 amide bonds. The number of carboxylic acid groups (broad SMARTS) is 1. The topological polar surface area (TPSA) is 78.9 Å². The Kier molecular flexibility index (Phi) is 5.43. The van der Waals surface area contributed by atoms with Crippen LogP contribution in [-0.2, 0) is 11.3 Å². The number of amides is 2. The van der Waals surface area contributed by atoms with Gasteiger partial charge in [0.15, 0.2) is 0 Å². The van der Waals surface area contributed by atoms with Crippen molar-refractivity contribution in [1.82, 2.24) is 10.2 Å². The van der Waals surface area contributed by atoms with Crippen LogP contribution in [0.5, 0.6) is 0 Å². The van der Waals surface area contributed by atoms with E-state index >= 15 is 0 Å². The van der Waals surface area contributed by atoms with Crippen LogP contribution in [0.2, 0.25) is 0 Å². The Balaban J connectivity index is 1.79. The summed E-state index contributed by atoms with van der Waals surface area (Å²) in [5, 5.41) is 11.8. The highest BCUT2D eigenvalue weighted by Crippen LogP contribution is 2.11. The van der Waals surface area contributed by atoms with Gasteiger partial charge in [-0.3, -0.25) is 0 Å². The van der Waals surface area contributed by atoms with Gasteiger partial charge < -0.3 is 20.1 Å². The number of alkyl carbamates (subject to hydrolysis) is 1. The number of carbonyl (C=O) groups excluding carboxylic acids is 1. The predicted molar refractivity (Wildman–Crippen MR) is 77.0 cm³/mol. The highest BCUT2D eigenvalue weighted by Gasteiger charge is 2.23. The largest absolute Gasteiger partial charge is 0.465 e. The SMILES string of the molecule is O=C(N[C@@H]1CCCCN(C(=O)O)C1)OCc1ccccc1. The van der Waals surface area contributed by atoms with E-state index in [1.807, 2.05) is 30.3 Å². The summed E-state index contributed by atoms with van der Waals surface area (Å²) < 4.78 is 5.15. The first-order valence-corrected chi connectivity index (χ1v) is 7.10. The Hall–Kier alpha value is -2.24. The van der Waals surface area contributed by atoms with Crippen LogP contribution in [0.3, 0.4) is 0 Å². The molecule has 114 valence electrons. The minimum absolute atomic E-state index is 0.188. The van der Waals surface area contributed by atoms with Gasteiger partial charge in [0.1, 0.15) is 6.61 Å². The van der Waals surface area contributed by atoms with Gasteiger partial charge in [0, 0.05) is 19.1 Å². The van der Waals surface area contributed by atoms with Crippen molar-refractivity contribution in [2.75, 3.05) is 13.1 Å². The van der Waals surface area contributed by atoms with Crippen LogP contribution in [0.4, 0.5) is 9.59 Å². The van der Waals surface area contributed by atoms with Gasteiger partial charge in [0.05, 0.1) is 0 Å². The maximum absolute atomic E-state index is 11.8. The summed E-state index contributed by atoms with van der Waals surface area (Å²) in [5.41, 5.74) is 0.917. The molecule has 0 unspecified atom stereocenters. The first-order chi connectivity index (χ1) is 10.1. The second-order valence-corrected chi connectivity index (χ2v) is 5.13. The Morgan fingerprint density at radius 1 is 1.29 bits per heavy atom. The van der Waals surface area contributed by atoms with Crippen LogP contribution < -0.4 is 5.32 Å². The molecule has 1 heterocycles. The van der Waals surface area contributed by atoms with Gasteiger partial charge >= 0.3 is 12.2 Å². The number of rotatable bonds is 3. The number of hydrogen-bond donors (Lipinski definition) is 2. The van der Waals surface area contributed by atoms with E-state index in [1.54, 1.807) is 0 Å². The highest BCUT2D eigenvalue weighted by molar-refractivity contribution is 5.68. The average Bonchev–Trinajstić information content (AvgIpc) is 2.72. The van der Waals surface area contributed by atoms with Crippen molar-refractivity contribution in [2.45, 2.75) is 31.9 Å². The summed E-state index contributed by atoms with van der Waals surface area (Å²) >= 11 is 0. The Labute approximate surface area is 123 Å². The number of ether oxygens (including phenoxy) is 1. The summed E-state index contributed by atoms with van der Waals surface area (Å²) in [6, 6.07) is 9.23. The maximum Gasteiger partial charge on any atom is 0.407 e. The first-order valence-electron chi connectivity index (χ1n) is 7.10. The van der Waals surface area contributed by atoms with Gasteiger partial charge in [-0.1, -0.05) is 30.3 Å². The quantitative estimate of drug-likeness (QED) is 0.897. The predicted octanol–water partition coefficient (Wildman–Crippen LogP) is 2.45. The summed E-state index contributed by atoms with van der Waals surface area (Å²) in [5.74, 6) is 0. The number of hydrogen-bond acceptors (Lipinski definition) is 3. The van der Waals surface area contributed by atoms with Crippen molar-refractivity contribution < 1.29 is 19.4 Å². The molecule has 21 heavy (non-hydrogen) atoms. The Morgan fingerprint density at radius 3 is 2.76 bits per heavy atom. The molecule has 1 saturated heterocycles. The molecule has 0 aliphatic carbocycles. The van der Waals surface area contributed by atoms with E-state index < -0.39 is 12.2 Å². The molecule has 6 nitrogen and oxygen atoms in total. The molecular weight excluding hydrogens is 272 g/mol. The number of benzene rings is 1. The maximum atomic E-state index is 11.8. The molecule has 0 radical (unpaired) electrons. The Bertz CT molecular complexity index is 478. The second kappa shape index (κ2) is 7.52. The fraction of sp³-hybridized carbons (Fsp3) is 0.467. The van der Waals surface area contributed by atoms with Crippen molar-refractivity contribution in [1.29, 1.82) is 0 Å². The molecule has 0 saturated carbocycles. The van der Waals surface area contributed by atoms with E-state index in [1.165, 1.54) is 4.90 Å². The normalized spacial score (nSPS) is 18.7. The monoisotopic (exact) mass is 292 g/mol. The third kappa shape index (κ3) is 4.98.